The van der Waals surface area contributed by atoms with Crippen LogP contribution in [0.1, 0.15) is 16.1 Å². The minimum absolute atomic E-state index is 0.148. The molecule has 1 amide bonds. The number of benzene rings is 3. The zero-order valence-electron chi connectivity index (χ0n) is 20.5. The largest absolute Gasteiger partial charge is 0.451 e. The first-order valence-electron chi connectivity index (χ1n) is 12.0. The maximum absolute atomic E-state index is 13.1. The van der Waals surface area contributed by atoms with E-state index in [1.807, 2.05) is 24.0 Å². The lowest BCUT2D eigenvalue weighted by atomic mass is 10.2. The highest BCUT2D eigenvalue weighted by atomic mass is 35.5. The molecule has 38 heavy (non-hydrogen) atoms. The van der Waals surface area contributed by atoms with E-state index in [0.29, 0.717) is 40.3 Å². The summed E-state index contributed by atoms with van der Waals surface area (Å²) >= 11 is 12.5. The summed E-state index contributed by atoms with van der Waals surface area (Å²) in [6, 6.07) is 22.6. The van der Waals surface area contributed by atoms with Gasteiger partial charge in [0, 0.05) is 36.8 Å². The highest BCUT2D eigenvalue weighted by Crippen LogP contribution is 2.36. The van der Waals surface area contributed by atoms with Gasteiger partial charge in [-0.15, -0.1) is 0 Å². The van der Waals surface area contributed by atoms with E-state index in [1.54, 1.807) is 66.7 Å². The van der Waals surface area contributed by atoms with Crippen LogP contribution in [-0.2, 0) is 10.0 Å². The molecule has 0 aliphatic carbocycles. The van der Waals surface area contributed by atoms with Crippen molar-refractivity contribution in [3.05, 3.63) is 100 Å². The molecule has 1 aliphatic rings. The van der Waals surface area contributed by atoms with Gasteiger partial charge in [0.15, 0.2) is 5.76 Å². The van der Waals surface area contributed by atoms with Crippen molar-refractivity contribution in [3.8, 4) is 11.3 Å². The number of hydrogen-bond donors (Lipinski definition) is 1. The Bertz CT molecular complexity index is 1560. The molecule has 7 nitrogen and oxygen atoms in total. The average molecular weight is 570 g/mol. The molecule has 1 fully saturated rings. The second kappa shape index (κ2) is 10.8. The Balaban J connectivity index is 1.31. The zero-order chi connectivity index (χ0) is 26.9. The molecule has 0 radical (unpaired) electrons. The van der Waals surface area contributed by atoms with Crippen LogP contribution in [0.5, 0.6) is 0 Å². The molecule has 196 valence electrons. The van der Waals surface area contributed by atoms with Crippen LogP contribution in [0, 0.1) is 6.92 Å². The van der Waals surface area contributed by atoms with Crippen LogP contribution in [0.15, 0.2) is 88.2 Å². The Morgan fingerprint density at radius 3 is 2.24 bits per heavy atom. The van der Waals surface area contributed by atoms with Crippen LogP contribution in [0.2, 0.25) is 10.0 Å². The van der Waals surface area contributed by atoms with Crippen LogP contribution >= 0.6 is 23.2 Å². The van der Waals surface area contributed by atoms with Crippen molar-refractivity contribution >= 4 is 50.5 Å². The van der Waals surface area contributed by atoms with Crippen LogP contribution in [0.4, 0.5) is 11.4 Å². The van der Waals surface area contributed by atoms with Gasteiger partial charge < -0.3 is 14.6 Å². The Morgan fingerprint density at radius 2 is 1.55 bits per heavy atom. The molecule has 1 N–H and O–H groups in total. The Hall–Kier alpha value is -3.30. The molecule has 3 aromatic carbocycles. The van der Waals surface area contributed by atoms with Crippen molar-refractivity contribution in [2.24, 2.45) is 0 Å². The van der Waals surface area contributed by atoms with E-state index in [4.69, 9.17) is 27.6 Å². The number of nitrogens with zero attached hydrogens (tertiary/aromatic N) is 2. The molecule has 0 atom stereocenters. The van der Waals surface area contributed by atoms with Crippen molar-refractivity contribution in [2.45, 2.75) is 11.8 Å². The highest BCUT2D eigenvalue weighted by molar-refractivity contribution is 7.89. The van der Waals surface area contributed by atoms with Crippen LogP contribution in [0.3, 0.4) is 0 Å². The third-order valence-corrected chi connectivity index (χ3v) is 8.88. The van der Waals surface area contributed by atoms with Gasteiger partial charge in [-0.1, -0.05) is 47.0 Å². The first-order valence-corrected chi connectivity index (χ1v) is 14.2. The predicted octanol–water partition coefficient (Wildman–Crippen LogP) is 6.33. The number of furan rings is 1. The zero-order valence-corrected chi connectivity index (χ0v) is 22.9. The molecule has 1 saturated heterocycles. The number of aryl methyl sites for hydroxylation is 1. The van der Waals surface area contributed by atoms with Gasteiger partial charge >= 0.3 is 0 Å². The Kier molecular flexibility index (Phi) is 7.49. The first kappa shape index (κ1) is 26.3. The molecule has 0 unspecified atom stereocenters. The molecule has 1 aliphatic heterocycles. The predicted molar refractivity (Wildman–Crippen MR) is 151 cm³/mol. The van der Waals surface area contributed by atoms with E-state index < -0.39 is 15.9 Å². The first-order chi connectivity index (χ1) is 18.2. The third kappa shape index (κ3) is 5.44. The fourth-order valence-corrected chi connectivity index (χ4v) is 6.20. The number of anilines is 2. The molecular formula is C28H25Cl2N3O4S. The Labute approximate surface area is 231 Å². The summed E-state index contributed by atoms with van der Waals surface area (Å²) in [4.78, 5) is 15.3. The molecule has 2 heterocycles. The molecule has 5 rings (SSSR count). The minimum atomic E-state index is -3.60. The Morgan fingerprint density at radius 1 is 0.868 bits per heavy atom. The molecule has 0 saturated carbocycles. The number of halogens is 2. The fraction of sp³-hybridized carbons (Fsp3) is 0.179. The average Bonchev–Trinajstić information content (AvgIpc) is 3.40. The number of rotatable bonds is 6. The van der Waals surface area contributed by atoms with Gasteiger partial charge in [-0.3, -0.25) is 4.79 Å². The van der Waals surface area contributed by atoms with Crippen molar-refractivity contribution in [1.82, 2.24) is 4.31 Å². The van der Waals surface area contributed by atoms with Gasteiger partial charge in [0.1, 0.15) is 5.76 Å². The second-order valence-electron chi connectivity index (χ2n) is 8.97. The van der Waals surface area contributed by atoms with Gasteiger partial charge in [-0.25, -0.2) is 8.42 Å². The maximum Gasteiger partial charge on any atom is 0.291 e. The van der Waals surface area contributed by atoms with Crippen LogP contribution in [0.25, 0.3) is 11.3 Å². The summed E-state index contributed by atoms with van der Waals surface area (Å²) in [5, 5.41) is 3.97. The number of hydrogen-bond acceptors (Lipinski definition) is 5. The van der Waals surface area contributed by atoms with Gasteiger partial charge in [-0.2, -0.15) is 4.31 Å². The van der Waals surface area contributed by atoms with Crippen molar-refractivity contribution in [3.63, 3.8) is 0 Å². The van der Waals surface area contributed by atoms with Gasteiger partial charge in [0.25, 0.3) is 5.91 Å². The lowest BCUT2D eigenvalue weighted by molar-refractivity contribution is 0.0997. The number of amides is 1. The SMILES string of the molecule is Cc1ccc(S(=O)(=O)N2CCN(c3c(Cl)cccc3NC(=O)c3ccc(-c4ccc(Cl)cc4)o3)CC2)cc1. The summed E-state index contributed by atoms with van der Waals surface area (Å²) in [6.45, 7) is 3.33. The quantitative estimate of drug-likeness (QED) is 0.293. The fourth-order valence-electron chi connectivity index (χ4n) is 4.36. The molecule has 4 aromatic rings. The van der Waals surface area contributed by atoms with E-state index in [0.717, 1.165) is 11.1 Å². The number of nitrogens with one attached hydrogen (secondary N) is 1. The standard InChI is InChI=1S/C28H25Cl2N3O4S/c1-19-5-11-22(12-6-19)38(35,36)33-17-15-32(16-18-33)27-23(30)3-2-4-24(27)31-28(34)26-14-13-25(37-26)20-7-9-21(29)10-8-20/h2-14H,15-18H2,1H3,(H,31,34). The van der Waals surface area contributed by atoms with E-state index >= 15 is 0 Å². The molecule has 10 heteroatoms. The monoisotopic (exact) mass is 569 g/mol. The summed E-state index contributed by atoms with van der Waals surface area (Å²) < 4.78 is 33.5. The van der Waals surface area contributed by atoms with E-state index in [-0.39, 0.29) is 23.7 Å². The number of sulfonamides is 1. The van der Waals surface area contributed by atoms with E-state index in [1.165, 1.54) is 4.31 Å². The molecular weight excluding hydrogens is 545 g/mol. The van der Waals surface area contributed by atoms with Gasteiger partial charge in [0.2, 0.25) is 10.0 Å². The van der Waals surface area contributed by atoms with Crippen molar-refractivity contribution < 1.29 is 17.6 Å². The third-order valence-electron chi connectivity index (χ3n) is 6.41. The van der Waals surface area contributed by atoms with E-state index in [2.05, 4.69) is 5.32 Å². The van der Waals surface area contributed by atoms with E-state index in [9.17, 15) is 13.2 Å². The maximum atomic E-state index is 13.1. The van der Waals surface area contributed by atoms with Crippen molar-refractivity contribution in [2.75, 3.05) is 36.4 Å². The second-order valence-corrected chi connectivity index (χ2v) is 11.7. The van der Waals surface area contributed by atoms with Crippen LogP contribution < -0.4 is 10.2 Å². The molecule has 1 aromatic heterocycles. The number of carbonyl (C=O) groups excluding carboxylic acids is 1. The lowest BCUT2D eigenvalue weighted by Gasteiger charge is -2.36. The summed E-state index contributed by atoms with van der Waals surface area (Å²) in [7, 11) is -3.60. The summed E-state index contributed by atoms with van der Waals surface area (Å²) in [6.07, 6.45) is 0. The van der Waals surface area contributed by atoms with Gasteiger partial charge in [-0.05, 0) is 67.6 Å². The summed E-state index contributed by atoms with van der Waals surface area (Å²) in [5.74, 6) is 0.272. The van der Waals surface area contributed by atoms with Crippen molar-refractivity contribution in [1.29, 1.82) is 0 Å². The van der Waals surface area contributed by atoms with Gasteiger partial charge in [0.05, 0.1) is 21.3 Å². The lowest BCUT2D eigenvalue weighted by Crippen LogP contribution is -2.49. The van der Waals surface area contributed by atoms with Crippen LogP contribution in [-0.4, -0.2) is 44.8 Å². The molecule has 0 bridgehead atoms. The topological polar surface area (TPSA) is 82.9 Å². The normalized spacial score (nSPS) is 14.4. The number of carbonyl (C=O) groups is 1. The minimum Gasteiger partial charge on any atom is -0.451 e. The smallest absolute Gasteiger partial charge is 0.291 e. The molecule has 0 spiro atoms. The highest BCUT2D eigenvalue weighted by Gasteiger charge is 2.30. The summed E-state index contributed by atoms with van der Waals surface area (Å²) in [5.41, 5.74) is 2.95. The number of piperazine rings is 1. The number of para-hydroxylation sites is 1.